The van der Waals surface area contributed by atoms with Gasteiger partial charge in [0.05, 0.1) is 35.1 Å². The third-order valence-electron chi connectivity index (χ3n) is 4.59. The second-order valence-corrected chi connectivity index (χ2v) is 7.07. The smallest absolute Gasteiger partial charge is 0.259 e. The standard InChI is InChI=1S/C21H18ClN3O4/c1-10-7-14(12(3)28-10)16-9-15(19-11(2)25-29-21(19)24-16)20(26)23-17-8-13(22)5-6-18(17)27-4/h5-9H,1-4H3,(H,23,26). The Labute approximate surface area is 171 Å². The number of nitrogens with zero attached hydrogens (tertiary/aromatic N) is 2. The van der Waals surface area contributed by atoms with Crippen LogP contribution in [0.4, 0.5) is 5.69 Å². The molecule has 0 atom stereocenters. The SMILES string of the molecule is COc1ccc(Cl)cc1NC(=O)c1cc(-c2cc(C)oc2C)nc2onc(C)c12. The molecule has 4 rings (SSSR count). The number of anilines is 1. The van der Waals surface area contributed by atoms with Gasteiger partial charge >= 0.3 is 0 Å². The second-order valence-electron chi connectivity index (χ2n) is 6.63. The zero-order chi connectivity index (χ0) is 20.7. The Kier molecular flexibility index (Phi) is 4.76. The first-order valence-corrected chi connectivity index (χ1v) is 9.24. The van der Waals surface area contributed by atoms with Gasteiger partial charge in [-0.25, -0.2) is 4.98 Å². The summed E-state index contributed by atoms with van der Waals surface area (Å²) in [5.41, 5.74) is 3.04. The van der Waals surface area contributed by atoms with Crippen molar-refractivity contribution in [2.45, 2.75) is 20.8 Å². The van der Waals surface area contributed by atoms with Crippen molar-refractivity contribution < 1.29 is 18.5 Å². The topological polar surface area (TPSA) is 90.4 Å². The van der Waals surface area contributed by atoms with E-state index < -0.39 is 0 Å². The number of halogens is 1. The zero-order valence-electron chi connectivity index (χ0n) is 16.3. The minimum absolute atomic E-state index is 0.279. The summed E-state index contributed by atoms with van der Waals surface area (Å²) >= 11 is 6.08. The van der Waals surface area contributed by atoms with E-state index in [0.29, 0.717) is 44.6 Å². The average Bonchev–Trinajstić information content (AvgIpc) is 3.22. The number of hydrogen-bond donors (Lipinski definition) is 1. The summed E-state index contributed by atoms with van der Waals surface area (Å²) in [4.78, 5) is 17.7. The molecule has 0 aliphatic rings. The normalized spacial score (nSPS) is 11.1. The van der Waals surface area contributed by atoms with E-state index in [0.717, 1.165) is 11.3 Å². The monoisotopic (exact) mass is 411 g/mol. The molecule has 0 saturated carbocycles. The van der Waals surface area contributed by atoms with Crippen molar-refractivity contribution in [3.8, 4) is 17.0 Å². The molecular formula is C21H18ClN3O4. The Morgan fingerprint density at radius 2 is 1.97 bits per heavy atom. The Balaban J connectivity index is 1.84. The van der Waals surface area contributed by atoms with E-state index in [-0.39, 0.29) is 11.6 Å². The maximum absolute atomic E-state index is 13.2. The van der Waals surface area contributed by atoms with Gasteiger partial charge in [0.1, 0.15) is 17.3 Å². The molecular weight excluding hydrogens is 394 g/mol. The van der Waals surface area contributed by atoms with Crippen LogP contribution in [0, 0.1) is 20.8 Å². The molecule has 1 amide bonds. The van der Waals surface area contributed by atoms with Gasteiger partial charge in [0, 0.05) is 10.6 Å². The first-order valence-electron chi connectivity index (χ1n) is 8.86. The van der Waals surface area contributed by atoms with Crippen LogP contribution >= 0.6 is 11.6 Å². The number of aryl methyl sites for hydroxylation is 3. The van der Waals surface area contributed by atoms with Gasteiger partial charge in [0.25, 0.3) is 11.6 Å². The van der Waals surface area contributed by atoms with Crippen molar-refractivity contribution in [2.24, 2.45) is 0 Å². The van der Waals surface area contributed by atoms with E-state index in [4.69, 9.17) is 25.3 Å². The fourth-order valence-corrected chi connectivity index (χ4v) is 3.44. The highest BCUT2D eigenvalue weighted by Gasteiger charge is 2.22. The summed E-state index contributed by atoms with van der Waals surface area (Å²) in [5.74, 6) is 1.59. The third-order valence-corrected chi connectivity index (χ3v) is 4.82. The van der Waals surface area contributed by atoms with Crippen LogP contribution < -0.4 is 10.1 Å². The molecule has 148 valence electrons. The van der Waals surface area contributed by atoms with Crippen LogP contribution in [-0.4, -0.2) is 23.2 Å². The number of furan rings is 1. The maximum atomic E-state index is 13.2. The number of aromatic nitrogens is 2. The summed E-state index contributed by atoms with van der Waals surface area (Å²) in [6.07, 6.45) is 0. The van der Waals surface area contributed by atoms with Crippen molar-refractivity contribution in [3.63, 3.8) is 0 Å². The molecule has 7 nitrogen and oxygen atoms in total. The van der Waals surface area contributed by atoms with Crippen molar-refractivity contribution in [3.05, 3.63) is 58.1 Å². The van der Waals surface area contributed by atoms with Crippen molar-refractivity contribution in [1.82, 2.24) is 10.1 Å². The van der Waals surface area contributed by atoms with Gasteiger partial charge in [0.2, 0.25) is 0 Å². The molecule has 1 aromatic carbocycles. The number of carbonyl (C=O) groups is 1. The maximum Gasteiger partial charge on any atom is 0.259 e. The van der Waals surface area contributed by atoms with Crippen LogP contribution in [0.2, 0.25) is 5.02 Å². The third kappa shape index (κ3) is 3.45. The Bertz CT molecular complexity index is 1240. The number of rotatable bonds is 4. The molecule has 0 fully saturated rings. The highest BCUT2D eigenvalue weighted by atomic mass is 35.5. The molecule has 0 unspecified atom stereocenters. The molecule has 3 aromatic heterocycles. The number of pyridine rings is 1. The highest BCUT2D eigenvalue weighted by molar-refractivity contribution is 6.31. The van der Waals surface area contributed by atoms with E-state index in [9.17, 15) is 4.79 Å². The number of carbonyl (C=O) groups excluding carboxylic acids is 1. The van der Waals surface area contributed by atoms with Crippen molar-refractivity contribution in [1.29, 1.82) is 0 Å². The van der Waals surface area contributed by atoms with Crippen LogP contribution in [0.5, 0.6) is 5.75 Å². The Morgan fingerprint density at radius 3 is 2.66 bits per heavy atom. The molecule has 1 N–H and O–H groups in total. The first kappa shape index (κ1) is 19.0. The lowest BCUT2D eigenvalue weighted by Gasteiger charge is -2.11. The molecule has 0 bridgehead atoms. The summed E-state index contributed by atoms with van der Waals surface area (Å²) in [5, 5.41) is 7.85. The molecule has 0 aliphatic carbocycles. The minimum atomic E-state index is -0.358. The number of benzene rings is 1. The van der Waals surface area contributed by atoms with Crippen LogP contribution in [0.1, 0.15) is 27.6 Å². The van der Waals surface area contributed by atoms with Gasteiger partial charge in [-0.1, -0.05) is 16.8 Å². The minimum Gasteiger partial charge on any atom is -0.495 e. The van der Waals surface area contributed by atoms with Gasteiger partial charge < -0.3 is 19.0 Å². The van der Waals surface area contributed by atoms with Gasteiger partial charge in [-0.15, -0.1) is 0 Å². The molecule has 3 heterocycles. The predicted octanol–water partition coefficient (Wildman–Crippen LogP) is 5.32. The largest absolute Gasteiger partial charge is 0.495 e. The number of amides is 1. The van der Waals surface area contributed by atoms with Crippen LogP contribution in [0.25, 0.3) is 22.4 Å². The number of ether oxygens (including phenoxy) is 1. The van der Waals surface area contributed by atoms with Crippen molar-refractivity contribution >= 4 is 34.3 Å². The summed E-state index contributed by atoms with van der Waals surface area (Å²) in [6, 6.07) is 8.58. The van der Waals surface area contributed by atoms with E-state index in [2.05, 4.69) is 15.5 Å². The predicted molar refractivity (Wildman–Crippen MR) is 110 cm³/mol. The average molecular weight is 412 g/mol. The lowest BCUT2D eigenvalue weighted by Crippen LogP contribution is -2.14. The summed E-state index contributed by atoms with van der Waals surface area (Å²) < 4.78 is 16.3. The highest BCUT2D eigenvalue weighted by Crippen LogP contribution is 2.32. The van der Waals surface area contributed by atoms with E-state index in [1.807, 2.05) is 19.9 Å². The lowest BCUT2D eigenvalue weighted by atomic mass is 10.1. The van der Waals surface area contributed by atoms with Crippen LogP contribution in [0.3, 0.4) is 0 Å². The number of fused-ring (bicyclic) bond motifs is 1. The van der Waals surface area contributed by atoms with Gasteiger partial charge in [-0.2, -0.15) is 0 Å². The number of nitrogens with one attached hydrogen (secondary N) is 1. The zero-order valence-corrected chi connectivity index (χ0v) is 17.0. The molecule has 0 radical (unpaired) electrons. The number of hydrogen-bond acceptors (Lipinski definition) is 6. The quantitative estimate of drug-likeness (QED) is 0.488. The fraction of sp³-hybridized carbons (Fsp3) is 0.190. The van der Waals surface area contributed by atoms with Gasteiger partial charge in [-0.05, 0) is 51.1 Å². The second kappa shape index (κ2) is 7.25. The van der Waals surface area contributed by atoms with Gasteiger partial charge in [0.15, 0.2) is 0 Å². The Morgan fingerprint density at radius 1 is 1.17 bits per heavy atom. The lowest BCUT2D eigenvalue weighted by molar-refractivity contribution is 0.102. The van der Waals surface area contributed by atoms with E-state index in [1.54, 1.807) is 31.2 Å². The Hall–Kier alpha value is -3.32. The fourth-order valence-electron chi connectivity index (χ4n) is 3.26. The van der Waals surface area contributed by atoms with E-state index >= 15 is 0 Å². The molecule has 0 spiro atoms. The van der Waals surface area contributed by atoms with E-state index in [1.165, 1.54) is 7.11 Å². The van der Waals surface area contributed by atoms with Crippen molar-refractivity contribution in [2.75, 3.05) is 12.4 Å². The van der Waals surface area contributed by atoms with Crippen LogP contribution in [-0.2, 0) is 0 Å². The summed E-state index contributed by atoms with van der Waals surface area (Å²) in [7, 11) is 1.52. The number of methoxy groups -OCH3 is 1. The molecule has 29 heavy (non-hydrogen) atoms. The molecule has 8 heteroatoms. The molecule has 4 aromatic rings. The molecule has 0 saturated heterocycles. The summed E-state index contributed by atoms with van der Waals surface area (Å²) in [6.45, 7) is 5.46. The molecule has 0 aliphatic heterocycles. The first-order chi connectivity index (χ1) is 13.9. The van der Waals surface area contributed by atoms with Gasteiger partial charge in [-0.3, -0.25) is 4.79 Å². The van der Waals surface area contributed by atoms with Crippen LogP contribution in [0.15, 0.2) is 39.3 Å².